The van der Waals surface area contributed by atoms with Crippen molar-refractivity contribution in [2.45, 2.75) is 13.0 Å². The number of halogens is 3. The fraction of sp³-hybridized carbons (Fsp3) is 0.412. The van der Waals surface area contributed by atoms with E-state index in [1.165, 1.54) is 12.1 Å². The fourth-order valence-corrected chi connectivity index (χ4v) is 3.73. The lowest BCUT2D eigenvalue weighted by molar-refractivity contribution is 0.0739. The topological polar surface area (TPSA) is 64.3 Å². The first-order valence-electron chi connectivity index (χ1n) is 8.39. The molecule has 2 N–H and O–H groups in total. The third-order valence-corrected chi connectivity index (χ3v) is 5.13. The Kier molecular flexibility index (Phi) is 5.70. The Morgan fingerprint density at radius 1 is 1.23 bits per heavy atom. The number of hydrogen-bond donors (Lipinski definition) is 2. The third-order valence-electron chi connectivity index (χ3n) is 4.83. The molecular formula is C17H20Cl2FN5O. The summed E-state index contributed by atoms with van der Waals surface area (Å²) in [5.41, 5.74) is 3.37. The van der Waals surface area contributed by atoms with E-state index in [0.717, 1.165) is 29.9 Å². The Hall–Kier alpha value is -1.83. The first-order valence-corrected chi connectivity index (χ1v) is 8.77. The highest BCUT2D eigenvalue weighted by Crippen LogP contribution is 2.27. The first-order chi connectivity index (χ1) is 12.1. The second-order valence-corrected chi connectivity index (χ2v) is 6.74. The Bertz CT molecular complexity index is 804. The van der Waals surface area contributed by atoms with Gasteiger partial charge in [0.2, 0.25) is 0 Å². The fourth-order valence-electron chi connectivity index (χ4n) is 3.44. The van der Waals surface area contributed by atoms with Crippen LogP contribution in [0, 0.1) is 5.82 Å². The van der Waals surface area contributed by atoms with Crippen molar-refractivity contribution in [3.05, 3.63) is 46.0 Å². The van der Waals surface area contributed by atoms with Gasteiger partial charge in [0.15, 0.2) is 5.69 Å². The van der Waals surface area contributed by atoms with Gasteiger partial charge < -0.3 is 15.1 Å². The first kappa shape index (κ1) is 18.9. The second-order valence-electron chi connectivity index (χ2n) is 6.33. The molecular weight excluding hydrogens is 380 g/mol. The number of carbonyl (C=O) groups is 1. The molecule has 0 atom stereocenters. The normalized spacial score (nSPS) is 16.8. The lowest BCUT2D eigenvalue weighted by Gasteiger charge is -2.36. The monoisotopic (exact) mass is 399 g/mol. The maximum atomic E-state index is 13.2. The molecule has 0 bridgehead atoms. The number of rotatable bonds is 2. The van der Waals surface area contributed by atoms with Gasteiger partial charge in [0.05, 0.1) is 10.7 Å². The molecule has 0 radical (unpaired) electrons. The van der Waals surface area contributed by atoms with E-state index in [0.29, 0.717) is 43.4 Å². The van der Waals surface area contributed by atoms with E-state index in [-0.39, 0.29) is 24.1 Å². The highest BCUT2D eigenvalue weighted by Gasteiger charge is 2.28. The number of piperazine rings is 1. The van der Waals surface area contributed by atoms with E-state index in [2.05, 4.69) is 20.4 Å². The molecule has 140 valence electrons. The molecule has 1 aromatic carbocycles. The zero-order chi connectivity index (χ0) is 17.4. The van der Waals surface area contributed by atoms with Crippen molar-refractivity contribution in [1.82, 2.24) is 20.4 Å². The number of nitrogens with zero attached hydrogens (tertiary/aromatic N) is 3. The van der Waals surface area contributed by atoms with E-state index < -0.39 is 0 Å². The predicted octanol–water partition coefficient (Wildman–Crippen LogP) is 2.23. The summed E-state index contributed by atoms with van der Waals surface area (Å²) in [6.07, 6.45) is 0.868. The standard InChI is InChI=1S/C17H19ClFN5O.ClH/c18-13-9-11(19)1-2-15(13)23-5-7-24(8-6-23)17(25)16-12-10-20-4-3-14(12)21-22-16;/h1-2,9,20H,3-8,10H2,(H,21,22);1H. The van der Waals surface area contributed by atoms with E-state index in [1.807, 2.05) is 4.90 Å². The van der Waals surface area contributed by atoms with Crippen LogP contribution in [-0.2, 0) is 13.0 Å². The molecule has 6 nitrogen and oxygen atoms in total. The molecule has 9 heteroatoms. The molecule has 1 fully saturated rings. The molecule has 4 rings (SSSR count). The largest absolute Gasteiger partial charge is 0.367 e. The second kappa shape index (κ2) is 7.82. The summed E-state index contributed by atoms with van der Waals surface area (Å²) >= 11 is 6.14. The van der Waals surface area contributed by atoms with Gasteiger partial charge in [-0.3, -0.25) is 9.89 Å². The molecule has 1 saturated heterocycles. The van der Waals surface area contributed by atoms with E-state index in [4.69, 9.17) is 11.6 Å². The molecule has 0 saturated carbocycles. The summed E-state index contributed by atoms with van der Waals surface area (Å²) in [4.78, 5) is 16.7. The molecule has 1 aromatic heterocycles. The molecule has 0 unspecified atom stereocenters. The zero-order valence-electron chi connectivity index (χ0n) is 14.1. The van der Waals surface area contributed by atoms with Crippen molar-refractivity contribution < 1.29 is 9.18 Å². The van der Waals surface area contributed by atoms with Crippen LogP contribution in [0.2, 0.25) is 5.02 Å². The predicted molar refractivity (Wildman–Crippen MR) is 101 cm³/mol. The van der Waals surface area contributed by atoms with Crippen molar-refractivity contribution in [3.63, 3.8) is 0 Å². The molecule has 1 amide bonds. The van der Waals surface area contributed by atoms with Crippen LogP contribution in [0.25, 0.3) is 0 Å². The lowest BCUT2D eigenvalue weighted by Crippen LogP contribution is -2.49. The highest BCUT2D eigenvalue weighted by atomic mass is 35.5. The van der Waals surface area contributed by atoms with E-state index in [9.17, 15) is 9.18 Å². The minimum Gasteiger partial charge on any atom is -0.367 e. The van der Waals surface area contributed by atoms with E-state index in [1.54, 1.807) is 6.07 Å². The maximum absolute atomic E-state index is 13.2. The molecule has 26 heavy (non-hydrogen) atoms. The van der Waals surface area contributed by atoms with Crippen LogP contribution in [0.5, 0.6) is 0 Å². The van der Waals surface area contributed by atoms with Crippen LogP contribution in [0.1, 0.15) is 21.7 Å². The Balaban J connectivity index is 0.00000196. The number of nitrogens with one attached hydrogen (secondary N) is 2. The summed E-state index contributed by atoms with van der Waals surface area (Å²) in [6, 6.07) is 4.41. The van der Waals surface area contributed by atoms with Crippen molar-refractivity contribution in [2.24, 2.45) is 0 Å². The molecule has 2 aromatic rings. The Labute approximate surface area is 162 Å². The number of H-pyrrole nitrogens is 1. The van der Waals surface area contributed by atoms with Gasteiger partial charge in [0.25, 0.3) is 5.91 Å². The molecule has 0 spiro atoms. The van der Waals surface area contributed by atoms with Crippen LogP contribution >= 0.6 is 24.0 Å². The van der Waals surface area contributed by atoms with Crippen molar-refractivity contribution >= 4 is 35.6 Å². The van der Waals surface area contributed by atoms with E-state index >= 15 is 0 Å². The van der Waals surface area contributed by atoms with Gasteiger partial charge in [0.1, 0.15) is 5.82 Å². The minimum absolute atomic E-state index is 0. The number of aromatic nitrogens is 2. The Morgan fingerprint density at radius 3 is 2.73 bits per heavy atom. The van der Waals surface area contributed by atoms with Gasteiger partial charge >= 0.3 is 0 Å². The van der Waals surface area contributed by atoms with Crippen LogP contribution in [0.15, 0.2) is 18.2 Å². The number of hydrogen-bond acceptors (Lipinski definition) is 4. The summed E-state index contributed by atoms with van der Waals surface area (Å²) < 4.78 is 13.2. The number of amides is 1. The van der Waals surface area contributed by atoms with Crippen LogP contribution in [-0.4, -0.2) is 53.7 Å². The van der Waals surface area contributed by atoms with Crippen LogP contribution < -0.4 is 10.2 Å². The van der Waals surface area contributed by atoms with Crippen molar-refractivity contribution in [3.8, 4) is 0 Å². The zero-order valence-corrected chi connectivity index (χ0v) is 15.7. The number of fused-ring (bicyclic) bond motifs is 1. The van der Waals surface area contributed by atoms with Gasteiger partial charge in [-0.15, -0.1) is 12.4 Å². The number of aromatic amines is 1. The lowest BCUT2D eigenvalue weighted by atomic mass is 10.1. The highest BCUT2D eigenvalue weighted by molar-refractivity contribution is 6.33. The van der Waals surface area contributed by atoms with Crippen molar-refractivity contribution in [2.75, 3.05) is 37.6 Å². The molecule has 3 heterocycles. The molecule has 0 aliphatic carbocycles. The average Bonchev–Trinajstić information content (AvgIpc) is 3.05. The smallest absolute Gasteiger partial charge is 0.274 e. The Morgan fingerprint density at radius 2 is 2.00 bits per heavy atom. The molecule has 2 aliphatic heterocycles. The number of carbonyl (C=O) groups excluding carboxylic acids is 1. The van der Waals surface area contributed by atoms with Gasteiger partial charge in [-0.1, -0.05) is 11.6 Å². The van der Waals surface area contributed by atoms with Gasteiger partial charge in [-0.05, 0) is 18.2 Å². The SMILES string of the molecule is Cl.O=C(c1n[nH]c2c1CNCC2)N1CCN(c2ccc(F)cc2Cl)CC1. The average molecular weight is 400 g/mol. The maximum Gasteiger partial charge on any atom is 0.274 e. The summed E-state index contributed by atoms with van der Waals surface area (Å²) in [5.74, 6) is -0.384. The summed E-state index contributed by atoms with van der Waals surface area (Å²) in [7, 11) is 0. The number of anilines is 1. The number of benzene rings is 1. The van der Waals surface area contributed by atoms with Crippen molar-refractivity contribution in [1.29, 1.82) is 0 Å². The van der Waals surface area contributed by atoms with Gasteiger partial charge in [0, 0.05) is 56.9 Å². The van der Waals surface area contributed by atoms with Gasteiger partial charge in [-0.2, -0.15) is 5.10 Å². The van der Waals surface area contributed by atoms with Crippen LogP contribution in [0.3, 0.4) is 0 Å². The van der Waals surface area contributed by atoms with Gasteiger partial charge in [-0.25, -0.2) is 4.39 Å². The molecule has 2 aliphatic rings. The van der Waals surface area contributed by atoms with Crippen LogP contribution in [0.4, 0.5) is 10.1 Å². The third kappa shape index (κ3) is 3.51. The minimum atomic E-state index is -0.348. The summed E-state index contributed by atoms with van der Waals surface area (Å²) in [5, 5.41) is 10.9. The summed E-state index contributed by atoms with van der Waals surface area (Å²) in [6.45, 7) is 4.06. The quantitative estimate of drug-likeness (QED) is 0.812.